The molecule has 0 unspecified atom stereocenters. The summed E-state index contributed by atoms with van der Waals surface area (Å²) < 4.78 is 1.88. The lowest BCUT2D eigenvalue weighted by Gasteiger charge is -2.07. The quantitative estimate of drug-likeness (QED) is 0.790. The summed E-state index contributed by atoms with van der Waals surface area (Å²) in [6.07, 6.45) is 4.63. The van der Waals surface area contributed by atoms with Gasteiger partial charge in [-0.05, 0) is 6.42 Å². The van der Waals surface area contributed by atoms with Crippen molar-refractivity contribution < 1.29 is 0 Å². The van der Waals surface area contributed by atoms with Crippen LogP contribution in [0.3, 0.4) is 0 Å². The largest absolute Gasteiger partial charge is 0.371 e. The number of rotatable bonds is 3. The number of aromatic nitrogens is 3. The Morgan fingerprint density at radius 2 is 2.43 bits per heavy atom. The number of nitrogens with zero attached hydrogens (tertiary/aromatic N) is 3. The van der Waals surface area contributed by atoms with Crippen molar-refractivity contribution in [3.63, 3.8) is 0 Å². The molecule has 2 heterocycles. The zero-order valence-corrected chi connectivity index (χ0v) is 8.62. The van der Waals surface area contributed by atoms with E-state index in [0.717, 1.165) is 18.8 Å². The highest BCUT2D eigenvalue weighted by molar-refractivity contribution is 6.29. The van der Waals surface area contributed by atoms with Crippen LogP contribution < -0.4 is 5.32 Å². The van der Waals surface area contributed by atoms with Crippen LogP contribution >= 0.6 is 11.6 Å². The number of fused-ring (bicyclic) bond motifs is 1. The molecule has 2 aromatic heterocycles. The first-order valence-electron chi connectivity index (χ1n) is 4.54. The molecule has 0 aliphatic rings. The van der Waals surface area contributed by atoms with Crippen LogP contribution in [0.25, 0.3) is 5.78 Å². The topological polar surface area (TPSA) is 42.2 Å². The summed E-state index contributed by atoms with van der Waals surface area (Å²) in [5.41, 5.74) is 0. The van der Waals surface area contributed by atoms with Gasteiger partial charge in [0.15, 0.2) is 0 Å². The molecular formula is C9H11ClN4. The van der Waals surface area contributed by atoms with Gasteiger partial charge < -0.3 is 5.32 Å². The van der Waals surface area contributed by atoms with Crippen molar-refractivity contribution >= 4 is 23.2 Å². The van der Waals surface area contributed by atoms with Crippen LogP contribution in [0.2, 0.25) is 5.15 Å². The highest BCUT2D eigenvalue weighted by atomic mass is 35.5. The van der Waals surface area contributed by atoms with Gasteiger partial charge in [0.05, 0.1) is 0 Å². The summed E-state index contributed by atoms with van der Waals surface area (Å²) in [6, 6.07) is 1.80. The van der Waals surface area contributed by atoms with Gasteiger partial charge in [-0.3, -0.25) is 4.40 Å². The second-order valence-corrected chi connectivity index (χ2v) is 3.38. The molecule has 2 rings (SSSR count). The van der Waals surface area contributed by atoms with Gasteiger partial charge in [0, 0.05) is 25.0 Å². The Kier molecular flexibility index (Phi) is 2.54. The van der Waals surface area contributed by atoms with Crippen molar-refractivity contribution in [1.82, 2.24) is 14.4 Å². The molecule has 0 spiro atoms. The highest BCUT2D eigenvalue weighted by Crippen LogP contribution is 2.15. The second-order valence-electron chi connectivity index (χ2n) is 2.99. The van der Waals surface area contributed by atoms with Crippen LogP contribution in [0.1, 0.15) is 13.3 Å². The van der Waals surface area contributed by atoms with E-state index in [1.165, 1.54) is 0 Å². The number of hydrogen-bond acceptors (Lipinski definition) is 3. The average molecular weight is 211 g/mol. The molecule has 0 aromatic carbocycles. The molecule has 0 saturated heterocycles. The molecule has 0 atom stereocenters. The van der Waals surface area contributed by atoms with Crippen molar-refractivity contribution in [2.24, 2.45) is 0 Å². The Bertz CT molecular complexity index is 437. The lowest BCUT2D eigenvalue weighted by atomic mass is 10.4. The minimum Gasteiger partial charge on any atom is -0.371 e. The third-order valence-electron chi connectivity index (χ3n) is 1.90. The highest BCUT2D eigenvalue weighted by Gasteiger charge is 2.03. The van der Waals surface area contributed by atoms with Gasteiger partial charge in [-0.25, -0.2) is 9.97 Å². The van der Waals surface area contributed by atoms with Gasteiger partial charge in [-0.15, -0.1) is 0 Å². The fraction of sp³-hybridized carbons (Fsp3) is 0.333. The maximum atomic E-state index is 5.86. The summed E-state index contributed by atoms with van der Waals surface area (Å²) in [6.45, 7) is 3.02. The molecule has 5 heteroatoms. The fourth-order valence-electron chi connectivity index (χ4n) is 1.27. The molecule has 0 radical (unpaired) electrons. The van der Waals surface area contributed by atoms with E-state index in [1.807, 2.05) is 10.6 Å². The first-order valence-corrected chi connectivity index (χ1v) is 4.92. The predicted octanol–water partition coefficient (Wildman–Crippen LogP) is 2.20. The van der Waals surface area contributed by atoms with Crippen LogP contribution in [0.4, 0.5) is 5.82 Å². The zero-order chi connectivity index (χ0) is 9.97. The Labute approximate surface area is 86.9 Å². The van der Waals surface area contributed by atoms with E-state index in [-0.39, 0.29) is 0 Å². The molecule has 1 N–H and O–H groups in total. The standard InChI is InChI=1S/C9H11ClN4/c1-2-3-11-8-6-7(10)13-9-12-4-5-14(8)9/h4-6,11H,2-3H2,1H3. The van der Waals surface area contributed by atoms with Gasteiger partial charge in [0.2, 0.25) is 5.78 Å². The molecule has 14 heavy (non-hydrogen) atoms. The van der Waals surface area contributed by atoms with Crippen LogP contribution in [0, 0.1) is 0 Å². The van der Waals surface area contributed by atoms with Crippen molar-refractivity contribution in [2.45, 2.75) is 13.3 Å². The van der Waals surface area contributed by atoms with E-state index in [2.05, 4.69) is 22.2 Å². The van der Waals surface area contributed by atoms with Gasteiger partial charge in [-0.2, -0.15) is 0 Å². The van der Waals surface area contributed by atoms with Gasteiger partial charge in [0.25, 0.3) is 0 Å². The minimum atomic E-state index is 0.460. The maximum Gasteiger partial charge on any atom is 0.236 e. The maximum absolute atomic E-state index is 5.86. The number of hydrogen-bond donors (Lipinski definition) is 1. The van der Waals surface area contributed by atoms with E-state index in [0.29, 0.717) is 10.9 Å². The van der Waals surface area contributed by atoms with Crippen LogP contribution in [0.15, 0.2) is 18.5 Å². The van der Waals surface area contributed by atoms with Gasteiger partial charge in [-0.1, -0.05) is 18.5 Å². The lowest BCUT2D eigenvalue weighted by molar-refractivity contribution is 0.955. The third kappa shape index (κ3) is 1.65. The van der Waals surface area contributed by atoms with E-state index in [1.54, 1.807) is 12.3 Å². The molecule has 4 nitrogen and oxygen atoms in total. The van der Waals surface area contributed by atoms with E-state index in [4.69, 9.17) is 11.6 Å². The Balaban J connectivity index is 2.44. The molecule has 0 amide bonds. The molecule has 0 bridgehead atoms. The van der Waals surface area contributed by atoms with Crippen molar-refractivity contribution in [3.8, 4) is 0 Å². The predicted molar refractivity (Wildman–Crippen MR) is 56.8 cm³/mol. The van der Waals surface area contributed by atoms with E-state index in [9.17, 15) is 0 Å². The number of nitrogens with one attached hydrogen (secondary N) is 1. The Hall–Kier alpha value is -1.29. The molecular weight excluding hydrogens is 200 g/mol. The summed E-state index contributed by atoms with van der Waals surface area (Å²) in [5.74, 6) is 1.55. The normalized spacial score (nSPS) is 10.7. The summed E-state index contributed by atoms with van der Waals surface area (Å²) in [7, 11) is 0. The fourth-order valence-corrected chi connectivity index (χ4v) is 1.44. The smallest absolute Gasteiger partial charge is 0.236 e. The lowest BCUT2D eigenvalue weighted by Crippen LogP contribution is -2.05. The monoisotopic (exact) mass is 210 g/mol. The van der Waals surface area contributed by atoms with Crippen LogP contribution in [-0.4, -0.2) is 20.9 Å². The van der Waals surface area contributed by atoms with E-state index < -0.39 is 0 Å². The van der Waals surface area contributed by atoms with E-state index >= 15 is 0 Å². The van der Waals surface area contributed by atoms with Crippen LogP contribution in [-0.2, 0) is 0 Å². The third-order valence-corrected chi connectivity index (χ3v) is 2.09. The van der Waals surface area contributed by atoms with Crippen molar-refractivity contribution in [2.75, 3.05) is 11.9 Å². The summed E-state index contributed by atoms with van der Waals surface area (Å²) in [4.78, 5) is 8.16. The minimum absolute atomic E-state index is 0.460. The SMILES string of the molecule is CCCNc1cc(Cl)nc2nccn12. The van der Waals surface area contributed by atoms with Crippen molar-refractivity contribution in [3.05, 3.63) is 23.6 Å². The number of imidazole rings is 1. The van der Waals surface area contributed by atoms with Crippen molar-refractivity contribution in [1.29, 1.82) is 0 Å². The Morgan fingerprint density at radius 1 is 1.57 bits per heavy atom. The average Bonchev–Trinajstić information content (AvgIpc) is 2.61. The van der Waals surface area contributed by atoms with Gasteiger partial charge >= 0.3 is 0 Å². The molecule has 74 valence electrons. The number of anilines is 1. The second kappa shape index (κ2) is 3.84. The molecule has 2 aromatic rings. The molecule has 0 aliphatic heterocycles. The Morgan fingerprint density at radius 3 is 3.21 bits per heavy atom. The zero-order valence-electron chi connectivity index (χ0n) is 7.87. The molecule has 0 fully saturated rings. The molecule has 0 saturated carbocycles. The molecule has 0 aliphatic carbocycles. The summed E-state index contributed by atoms with van der Waals surface area (Å²) in [5, 5.41) is 3.72. The van der Waals surface area contributed by atoms with Gasteiger partial charge in [0.1, 0.15) is 11.0 Å². The van der Waals surface area contributed by atoms with Crippen LogP contribution in [0.5, 0.6) is 0 Å². The first kappa shape index (κ1) is 9.27. The summed E-state index contributed by atoms with van der Waals surface area (Å²) >= 11 is 5.86. The number of halogens is 1. The first-order chi connectivity index (χ1) is 6.81.